The molecule has 0 saturated heterocycles. The third-order valence-corrected chi connectivity index (χ3v) is 2.24. The predicted molar refractivity (Wildman–Crippen MR) is 59.4 cm³/mol. The SMILES string of the molecule is CCOC(=O)c1ncc2ccccc2c1O. The number of ether oxygens (including phenoxy) is 1. The second-order valence-corrected chi connectivity index (χ2v) is 3.26. The molecule has 82 valence electrons. The molecular formula is C12H11NO3. The number of fused-ring (bicyclic) bond motifs is 1. The first kappa shape index (κ1) is 10.4. The minimum atomic E-state index is -0.606. The summed E-state index contributed by atoms with van der Waals surface area (Å²) >= 11 is 0. The lowest BCUT2D eigenvalue weighted by molar-refractivity contribution is 0.0516. The molecule has 0 saturated carbocycles. The molecule has 0 spiro atoms. The lowest BCUT2D eigenvalue weighted by atomic mass is 10.1. The van der Waals surface area contributed by atoms with Crippen LogP contribution in [0.2, 0.25) is 0 Å². The van der Waals surface area contributed by atoms with Crippen molar-refractivity contribution in [2.24, 2.45) is 0 Å². The minimum absolute atomic E-state index is 0.0412. The highest BCUT2D eigenvalue weighted by atomic mass is 16.5. The van der Waals surface area contributed by atoms with Gasteiger partial charge in [0, 0.05) is 17.0 Å². The standard InChI is InChI=1S/C12H11NO3/c1-2-16-12(15)10-11(14)9-6-4-3-5-8(9)7-13-10/h3-7,14H,2H2,1H3. The maximum absolute atomic E-state index is 11.5. The average molecular weight is 217 g/mol. The van der Waals surface area contributed by atoms with Crippen molar-refractivity contribution in [3.63, 3.8) is 0 Å². The van der Waals surface area contributed by atoms with E-state index in [1.807, 2.05) is 12.1 Å². The van der Waals surface area contributed by atoms with E-state index in [-0.39, 0.29) is 18.1 Å². The molecule has 2 aromatic rings. The Morgan fingerprint density at radius 1 is 1.44 bits per heavy atom. The van der Waals surface area contributed by atoms with Crippen LogP contribution in [0.3, 0.4) is 0 Å². The average Bonchev–Trinajstić information content (AvgIpc) is 2.30. The van der Waals surface area contributed by atoms with Gasteiger partial charge < -0.3 is 9.84 Å². The van der Waals surface area contributed by atoms with Gasteiger partial charge in [-0.05, 0) is 6.92 Å². The van der Waals surface area contributed by atoms with Gasteiger partial charge in [0.25, 0.3) is 0 Å². The second kappa shape index (κ2) is 4.18. The van der Waals surface area contributed by atoms with Gasteiger partial charge in [0.15, 0.2) is 11.4 Å². The van der Waals surface area contributed by atoms with Crippen LogP contribution in [0.5, 0.6) is 5.75 Å². The van der Waals surface area contributed by atoms with Gasteiger partial charge in [0.05, 0.1) is 6.61 Å². The normalized spacial score (nSPS) is 10.3. The van der Waals surface area contributed by atoms with E-state index in [2.05, 4.69) is 4.98 Å². The van der Waals surface area contributed by atoms with Crippen molar-refractivity contribution in [1.82, 2.24) is 4.98 Å². The van der Waals surface area contributed by atoms with Gasteiger partial charge >= 0.3 is 5.97 Å². The van der Waals surface area contributed by atoms with Gasteiger partial charge in [0.2, 0.25) is 0 Å². The van der Waals surface area contributed by atoms with Gasteiger partial charge in [-0.1, -0.05) is 24.3 Å². The van der Waals surface area contributed by atoms with Crippen LogP contribution in [0.4, 0.5) is 0 Å². The summed E-state index contributed by atoms with van der Waals surface area (Å²) < 4.78 is 4.80. The van der Waals surface area contributed by atoms with E-state index in [0.717, 1.165) is 5.39 Å². The van der Waals surface area contributed by atoms with Gasteiger partial charge in [-0.15, -0.1) is 0 Å². The Hall–Kier alpha value is -2.10. The topological polar surface area (TPSA) is 59.4 Å². The van der Waals surface area contributed by atoms with Crippen LogP contribution in [0.1, 0.15) is 17.4 Å². The molecule has 0 atom stereocenters. The Kier molecular flexibility index (Phi) is 2.72. The fourth-order valence-electron chi connectivity index (χ4n) is 1.50. The van der Waals surface area contributed by atoms with Crippen molar-refractivity contribution in [2.45, 2.75) is 6.92 Å². The molecule has 4 heteroatoms. The Morgan fingerprint density at radius 2 is 2.19 bits per heavy atom. The van der Waals surface area contributed by atoms with E-state index in [4.69, 9.17) is 4.74 Å². The summed E-state index contributed by atoms with van der Waals surface area (Å²) in [5, 5.41) is 11.3. The summed E-state index contributed by atoms with van der Waals surface area (Å²) in [7, 11) is 0. The first-order valence-electron chi connectivity index (χ1n) is 4.98. The fourth-order valence-corrected chi connectivity index (χ4v) is 1.50. The molecule has 0 bridgehead atoms. The molecule has 1 aromatic carbocycles. The highest BCUT2D eigenvalue weighted by Crippen LogP contribution is 2.26. The van der Waals surface area contributed by atoms with Crippen LogP contribution in [0.15, 0.2) is 30.5 Å². The summed E-state index contributed by atoms with van der Waals surface area (Å²) in [6.45, 7) is 1.96. The lowest BCUT2D eigenvalue weighted by Crippen LogP contribution is -2.07. The number of aromatic nitrogens is 1. The molecule has 0 amide bonds. The van der Waals surface area contributed by atoms with Crippen molar-refractivity contribution in [1.29, 1.82) is 0 Å². The number of pyridine rings is 1. The zero-order valence-corrected chi connectivity index (χ0v) is 8.80. The zero-order valence-electron chi connectivity index (χ0n) is 8.80. The first-order chi connectivity index (χ1) is 7.74. The lowest BCUT2D eigenvalue weighted by Gasteiger charge is -2.05. The number of nitrogens with zero attached hydrogens (tertiary/aromatic N) is 1. The van der Waals surface area contributed by atoms with Crippen LogP contribution in [-0.2, 0) is 4.74 Å². The van der Waals surface area contributed by atoms with Gasteiger partial charge in [-0.25, -0.2) is 9.78 Å². The van der Waals surface area contributed by atoms with Crippen molar-refractivity contribution in [2.75, 3.05) is 6.61 Å². The Bertz CT molecular complexity index is 537. The molecular weight excluding hydrogens is 206 g/mol. The van der Waals surface area contributed by atoms with Gasteiger partial charge in [-0.2, -0.15) is 0 Å². The molecule has 0 aliphatic carbocycles. The molecule has 1 N–H and O–H groups in total. The fraction of sp³-hybridized carbons (Fsp3) is 0.167. The monoisotopic (exact) mass is 217 g/mol. The summed E-state index contributed by atoms with van der Waals surface area (Å²) in [5.41, 5.74) is -0.0412. The number of carbonyl (C=O) groups excluding carboxylic acids is 1. The molecule has 0 radical (unpaired) electrons. The molecule has 0 unspecified atom stereocenters. The van der Waals surface area contributed by atoms with Crippen LogP contribution < -0.4 is 0 Å². The summed E-state index contributed by atoms with van der Waals surface area (Å²) in [6, 6.07) is 7.18. The molecule has 16 heavy (non-hydrogen) atoms. The number of hydrogen-bond acceptors (Lipinski definition) is 4. The summed E-state index contributed by atoms with van der Waals surface area (Å²) in [4.78, 5) is 15.4. The maximum Gasteiger partial charge on any atom is 0.360 e. The van der Waals surface area contributed by atoms with Gasteiger partial charge in [-0.3, -0.25) is 0 Å². The second-order valence-electron chi connectivity index (χ2n) is 3.26. The molecule has 1 aromatic heterocycles. The van der Waals surface area contributed by atoms with Crippen molar-refractivity contribution >= 4 is 16.7 Å². The number of rotatable bonds is 2. The molecule has 2 rings (SSSR count). The Labute approximate surface area is 92.5 Å². The number of hydrogen-bond donors (Lipinski definition) is 1. The van der Waals surface area contributed by atoms with Crippen molar-refractivity contribution in [3.8, 4) is 5.75 Å². The highest BCUT2D eigenvalue weighted by molar-refractivity contribution is 5.98. The van der Waals surface area contributed by atoms with Crippen LogP contribution >= 0.6 is 0 Å². The molecule has 0 aliphatic heterocycles. The van der Waals surface area contributed by atoms with Crippen LogP contribution in [-0.4, -0.2) is 22.7 Å². The van der Waals surface area contributed by atoms with Gasteiger partial charge in [0.1, 0.15) is 0 Å². The largest absolute Gasteiger partial charge is 0.505 e. The summed E-state index contributed by atoms with van der Waals surface area (Å²) in [6.07, 6.45) is 1.54. The van der Waals surface area contributed by atoms with Crippen LogP contribution in [0, 0.1) is 0 Å². The van der Waals surface area contributed by atoms with E-state index in [9.17, 15) is 9.90 Å². The predicted octanol–water partition coefficient (Wildman–Crippen LogP) is 2.12. The third-order valence-electron chi connectivity index (χ3n) is 2.24. The molecule has 1 heterocycles. The van der Waals surface area contributed by atoms with E-state index in [0.29, 0.717) is 5.39 Å². The number of aromatic hydroxyl groups is 1. The maximum atomic E-state index is 11.5. The number of benzene rings is 1. The Balaban J connectivity index is 2.56. The zero-order chi connectivity index (χ0) is 11.5. The molecule has 0 aliphatic rings. The molecule has 0 fully saturated rings. The smallest absolute Gasteiger partial charge is 0.360 e. The summed E-state index contributed by atoms with van der Waals surface area (Å²) in [5.74, 6) is -0.734. The van der Waals surface area contributed by atoms with Crippen molar-refractivity contribution < 1.29 is 14.6 Å². The van der Waals surface area contributed by atoms with E-state index in [1.54, 1.807) is 25.3 Å². The first-order valence-corrected chi connectivity index (χ1v) is 4.98. The quantitative estimate of drug-likeness (QED) is 0.783. The third kappa shape index (κ3) is 1.69. The highest BCUT2D eigenvalue weighted by Gasteiger charge is 2.16. The van der Waals surface area contributed by atoms with E-state index >= 15 is 0 Å². The van der Waals surface area contributed by atoms with E-state index < -0.39 is 5.97 Å². The number of carbonyl (C=O) groups is 1. The Morgan fingerprint density at radius 3 is 2.94 bits per heavy atom. The van der Waals surface area contributed by atoms with Crippen LogP contribution in [0.25, 0.3) is 10.8 Å². The number of esters is 1. The molecule has 4 nitrogen and oxygen atoms in total. The van der Waals surface area contributed by atoms with Crippen molar-refractivity contribution in [3.05, 3.63) is 36.2 Å². The minimum Gasteiger partial charge on any atom is -0.505 e. The van der Waals surface area contributed by atoms with E-state index in [1.165, 1.54) is 0 Å².